The summed E-state index contributed by atoms with van der Waals surface area (Å²) in [7, 11) is 0. The molecular formula is C28H21FN4O. The van der Waals surface area contributed by atoms with E-state index < -0.39 is 5.91 Å². The second kappa shape index (κ2) is 9.11. The lowest BCUT2D eigenvalue weighted by molar-refractivity contribution is 0.0949. The third kappa shape index (κ3) is 4.34. The topological polar surface area (TPSA) is 59.3 Å². The van der Waals surface area contributed by atoms with Gasteiger partial charge in [-0.25, -0.2) is 14.5 Å². The third-order valence-electron chi connectivity index (χ3n) is 5.50. The van der Waals surface area contributed by atoms with Crippen LogP contribution in [-0.2, 0) is 0 Å². The summed E-state index contributed by atoms with van der Waals surface area (Å²) in [6, 6.07) is 29.8. The molecule has 1 heterocycles. The third-order valence-corrected chi connectivity index (χ3v) is 5.50. The molecule has 0 saturated carbocycles. The fraction of sp³-hybridized carbons (Fsp3) is 0.0357. The van der Waals surface area contributed by atoms with Crippen molar-refractivity contribution >= 4 is 22.9 Å². The van der Waals surface area contributed by atoms with Gasteiger partial charge in [0.25, 0.3) is 5.91 Å². The van der Waals surface area contributed by atoms with Crippen molar-refractivity contribution in [3.63, 3.8) is 0 Å². The van der Waals surface area contributed by atoms with E-state index in [0.29, 0.717) is 5.56 Å². The van der Waals surface area contributed by atoms with Gasteiger partial charge in [-0.05, 0) is 59.2 Å². The smallest absolute Gasteiger partial charge is 0.265 e. The highest BCUT2D eigenvalue weighted by Crippen LogP contribution is 2.31. The van der Waals surface area contributed by atoms with Crippen molar-refractivity contribution in [2.24, 2.45) is 5.10 Å². The lowest BCUT2D eigenvalue weighted by atomic mass is 10.0. The summed E-state index contributed by atoms with van der Waals surface area (Å²) in [6.07, 6.45) is 1.46. The summed E-state index contributed by atoms with van der Waals surface area (Å²) in [4.78, 5) is 12.9. The second-order valence-electron chi connectivity index (χ2n) is 7.94. The van der Waals surface area contributed by atoms with Crippen LogP contribution in [0.4, 0.5) is 4.39 Å². The molecule has 0 radical (unpaired) electrons. The zero-order chi connectivity index (χ0) is 23.5. The lowest BCUT2D eigenvalue weighted by Gasteiger charge is -2.10. The Balaban J connectivity index is 1.54. The standard InChI is InChI=1S/C28H21FN4O/c1-19-6-4-9-23(16-19)33-27(25-11-5-8-21-7-2-3-10-24(21)25)17-26(32-33)28(34)31-30-18-20-12-14-22(29)15-13-20/h2-18H,1H3,(H,31,34)/b30-18-. The number of carbonyl (C=O) groups is 1. The van der Waals surface area contributed by atoms with E-state index in [9.17, 15) is 9.18 Å². The van der Waals surface area contributed by atoms with Crippen LogP contribution in [0.2, 0.25) is 0 Å². The molecule has 0 unspecified atom stereocenters. The molecule has 1 amide bonds. The van der Waals surface area contributed by atoms with Gasteiger partial charge < -0.3 is 0 Å². The Morgan fingerprint density at radius 2 is 1.71 bits per heavy atom. The number of hydrogen-bond acceptors (Lipinski definition) is 3. The fourth-order valence-electron chi connectivity index (χ4n) is 3.86. The Kier molecular flexibility index (Phi) is 5.70. The second-order valence-corrected chi connectivity index (χ2v) is 7.94. The minimum Gasteiger partial charge on any atom is -0.265 e. The van der Waals surface area contributed by atoms with E-state index in [1.165, 1.54) is 18.3 Å². The van der Waals surface area contributed by atoms with E-state index in [0.717, 1.165) is 33.3 Å². The molecule has 34 heavy (non-hydrogen) atoms. The van der Waals surface area contributed by atoms with Gasteiger partial charge in [0.2, 0.25) is 0 Å². The highest BCUT2D eigenvalue weighted by molar-refractivity contribution is 5.99. The molecule has 0 aliphatic rings. The van der Waals surface area contributed by atoms with Crippen LogP contribution in [0, 0.1) is 12.7 Å². The number of benzene rings is 4. The Hall–Kier alpha value is -4.58. The van der Waals surface area contributed by atoms with Crippen molar-refractivity contribution in [3.8, 4) is 16.9 Å². The fourth-order valence-corrected chi connectivity index (χ4v) is 3.86. The van der Waals surface area contributed by atoms with Crippen molar-refractivity contribution in [1.29, 1.82) is 0 Å². The lowest BCUT2D eigenvalue weighted by Crippen LogP contribution is -2.18. The molecule has 1 aromatic heterocycles. The van der Waals surface area contributed by atoms with E-state index in [1.54, 1.807) is 22.9 Å². The zero-order valence-electron chi connectivity index (χ0n) is 18.4. The molecule has 0 fully saturated rings. The molecule has 166 valence electrons. The average Bonchev–Trinajstić information content (AvgIpc) is 3.30. The number of nitrogens with zero attached hydrogens (tertiary/aromatic N) is 3. The summed E-state index contributed by atoms with van der Waals surface area (Å²) in [5.41, 5.74) is 7.14. The quantitative estimate of drug-likeness (QED) is 0.269. The number of aryl methyl sites for hydroxylation is 1. The zero-order valence-corrected chi connectivity index (χ0v) is 18.4. The number of carbonyl (C=O) groups excluding carboxylic acids is 1. The number of fused-ring (bicyclic) bond motifs is 1. The first kappa shape index (κ1) is 21.3. The summed E-state index contributed by atoms with van der Waals surface area (Å²) >= 11 is 0. The van der Waals surface area contributed by atoms with Crippen LogP contribution < -0.4 is 5.43 Å². The number of amides is 1. The molecule has 5 rings (SSSR count). The van der Waals surface area contributed by atoms with Crippen LogP contribution in [0.3, 0.4) is 0 Å². The molecule has 6 heteroatoms. The minimum absolute atomic E-state index is 0.237. The Bertz CT molecular complexity index is 1510. The largest absolute Gasteiger partial charge is 0.291 e. The number of nitrogens with one attached hydrogen (secondary N) is 1. The number of hydrogen-bond donors (Lipinski definition) is 1. The van der Waals surface area contributed by atoms with Crippen LogP contribution in [0.15, 0.2) is 102 Å². The molecule has 0 aliphatic carbocycles. The number of halogens is 1. The molecule has 0 bridgehead atoms. The maximum Gasteiger partial charge on any atom is 0.291 e. The average molecular weight is 449 g/mol. The van der Waals surface area contributed by atoms with Gasteiger partial charge in [-0.2, -0.15) is 10.2 Å². The van der Waals surface area contributed by atoms with E-state index in [-0.39, 0.29) is 11.5 Å². The maximum absolute atomic E-state index is 13.1. The molecule has 1 N–H and O–H groups in total. The molecule has 5 nitrogen and oxygen atoms in total. The van der Waals surface area contributed by atoms with Crippen molar-refractivity contribution < 1.29 is 9.18 Å². The van der Waals surface area contributed by atoms with Crippen LogP contribution in [0.1, 0.15) is 21.6 Å². The number of rotatable bonds is 5. The van der Waals surface area contributed by atoms with Crippen molar-refractivity contribution in [2.45, 2.75) is 6.92 Å². The molecule has 0 saturated heterocycles. The number of hydrazone groups is 1. The Morgan fingerprint density at radius 1 is 0.941 bits per heavy atom. The number of aromatic nitrogens is 2. The summed E-state index contributed by atoms with van der Waals surface area (Å²) in [5, 5.41) is 10.8. The molecule has 0 atom stereocenters. The summed E-state index contributed by atoms with van der Waals surface area (Å²) in [5.74, 6) is -0.768. The normalized spacial score (nSPS) is 11.2. The van der Waals surface area contributed by atoms with Crippen LogP contribution in [0.5, 0.6) is 0 Å². The first-order valence-electron chi connectivity index (χ1n) is 10.8. The van der Waals surface area contributed by atoms with Gasteiger partial charge in [-0.3, -0.25) is 4.79 Å². The Labute approximate surface area is 196 Å². The SMILES string of the molecule is Cc1cccc(-n2nc(C(=O)N/N=C\c3ccc(F)cc3)cc2-c2cccc3ccccc23)c1. The van der Waals surface area contributed by atoms with Gasteiger partial charge in [-0.1, -0.05) is 66.7 Å². The summed E-state index contributed by atoms with van der Waals surface area (Å²) in [6.45, 7) is 2.02. The first-order valence-corrected chi connectivity index (χ1v) is 10.8. The summed E-state index contributed by atoms with van der Waals surface area (Å²) < 4.78 is 14.9. The Morgan fingerprint density at radius 3 is 2.53 bits per heavy atom. The van der Waals surface area contributed by atoms with Gasteiger partial charge in [0.15, 0.2) is 5.69 Å². The molecule has 4 aromatic carbocycles. The van der Waals surface area contributed by atoms with Crippen LogP contribution >= 0.6 is 0 Å². The highest BCUT2D eigenvalue weighted by atomic mass is 19.1. The molecular weight excluding hydrogens is 427 g/mol. The van der Waals surface area contributed by atoms with Gasteiger partial charge in [0.05, 0.1) is 17.6 Å². The maximum atomic E-state index is 13.1. The van der Waals surface area contributed by atoms with E-state index >= 15 is 0 Å². The van der Waals surface area contributed by atoms with Crippen LogP contribution in [-0.4, -0.2) is 21.9 Å². The van der Waals surface area contributed by atoms with Gasteiger partial charge in [0, 0.05) is 5.56 Å². The minimum atomic E-state index is -0.439. The van der Waals surface area contributed by atoms with E-state index in [2.05, 4.69) is 33.8 Å². The molecule has 0 spiro atoms. The highest BCUT2D eigenvalue weighted by Gasteiger charge is 2.18. The van der Waals surface area contributed by atoms with Crippen molar-refractivity contribution in [3.05, 3.63) is 120 Å². The van der Waals surface area contributed by atoms with Gasteiger partial charge in [-0.15, -0.1) is 0 Å². The van der Waals surface area contributed by atoms with Crippen LogP contribution in [0.25, 0.3) is 27.7 Å². The molecule has 5 aromatic rings. The van der Waals surface area contributed by atoms with Gasteiger partial charge >= 0.3 is 0 Å². The van der Waals surface area contributed by atoms with Crippen molar-refractivity contribution in [2.75, 3.05) is 0 Å². The van der Waals surface area contributed by atoms with Crippen molar-refractivity contribution in [1.82, 2.24) is 15.2 Å². The van der Waals surface area contributed by atoms with E-state index in [1.807, 2.05) is 55.5 Å². The predicted molar refractivity (Wildman–Crippen MR) is 133 cm³/mol. The van der Waals surface area contributed by atoms with Gasteiger partial charge in [0.1, 0.15) is 5.82 Å². The first-order chi connectivity index (χ1) is 16.6. The molecule has 0 aliphatic heterocycles. The van der Waals surface area contributed by atoms with E-state index in [4.69, 9.17) is 0 Å². The predicted octanol–water partition coefficient (Wildman–Crippen LogP) is 5.90. The monoisotopic (exact) mass is 448 g/mol.